The van der Waals surface area contributed by atoms with E-state index in [1.807, 2.05) is 13.0 Å². The molecule has 0 aromatic carbocycles. The molecule has 0 amide bonds. The first-order valence-corrected chi connectivity index (χ1v) is 5.86. The van der Waals surface area contributed by atoms with Gasteiger partial charge in [-0.15, -0.1) is 11.3 Å². The molecule has 0 saturated heterocycles. The predicted octanol–water partition coefficient (Wildman–Crippen LogP) is 3.04. The molecule has 0 bridgehead atoms. The van der Waals surface area contributed by atoms with Crippen molar-refractivity contribution in [2.75, 3.05) is 0 Å². The Balaban J connectivity index is 2.28. The summed E-state index contributed by atoms with van der Waals surface area (Å²) < 4.78 is 0. The highest BCUT2D eigenvalue weighted by Gasteiger charge is 2.10. The average Bonchev–Trinajstić information content (AvgIpc) is 2.84. The second-order valence-electron chi connectivity index (χ2n) is 3.40. The molecule has 0 aliphatic heterocycles. The Hall–Kier alpha value is -1.46. The number of hydrogen-bond acceptors (Lipinski definition) is 4. The molecule has 0 aliphatic rings. The zero-order valence-corrected chi connectivity index (χ0v) is 9.93. The molecule has 0 spiro atoms. The number of halogens is 1. The van der Waals surface area contributed by atoms with E-state index < -0.39 is 0 Å². The van der Waals surface area contributed by atoms with Gasteiger partial charge < -0.3 is 0 Å². The highest BCUT2D eigenvalue weighted by molar-refractivity contribution is 7.18. The summed E-state index contributed by atoms with van der Waals surface area (Å²) in [6.07, 6.45) is 3.43. The normalized spacial score (nSPS) is 11.1. The number of aromatic nitrogens is 4. The minimum atomic E-state index is 0.491. The number of aromatic amines is 1. The fourth-order valence-corrected chi connectivity index (χ4v) is 2.67. The van der Waals surface area contributed by atoms with E-state index in [2.05, 4.69) is 20.2 Å². The Morgan fingerprint density at radius 3 is 3.00 bits per heavy atom. The van der Waals surface area contributed by atoms with E-state index in [0.29, 0.717) is 11.0 Å². The van der Waals surface area contributed by atoms with Gasteiger partial charge in [0.05, 0.1) is 11.8 Å². The number of hydrogen-bond donors (Lipinski definition) is 1. The van der Waals surface area contributed by atoms with E-state index in [-0.39, 0.29) is 0 Å². The molecule has 1 N–H and O–H groups in total. The van der Waals surface area contributed by atoms with E-state index >= 15 is 0 Å². The van der Waals surface area contributed by atoms with Gasteiger partial charge >= 0.3 is 0 Å². The number of fused-ring (bicyclic) bond motifs is 1. The van der Waals surface area contributed by atoms with Crippen LogP contribution < -0.4 is 0 Å². The van der Waals surface area contributed by atoms with Crippen molar-refractivity contribution in [3.63, 3.8) is 0 Å². The second kappa shape index (κ2) is 3.54. The van der Waals surface area contributed by atoms with Gasteiger partial charge in [0.2, 0.25) is 0 Å². The van der Waals surface area contributed by atoms with Gasteiger partial charge in [0.25, 0.3) is 0 Å². The molecule has 0 unspecified atom stereocenters. The molecule has 0 aliphatic carbocycles. The molecule has 6 heteroatoms. The van der Waals surface area contributed by atoms with Crippen molar-refractivity contribution >= 4 is 33.2 Å². The maximum Gasteiger partial charge on any atom is 0.165 e. The van der Waals surface area contributed by atoms with Gasteiger partial charge in [-0.3, -0.25) is 5.10 Å². The molecule has 4 nitrogen and oxygen atoms in total. The molecular weight excluding hydrogens is 244 g/mol. The van der Waals surface area contributed by atoms with Crippen LogP contribution in [0.15, 0.2) is 18.5 Å². The van der Waals surface area contributed by atoms with Crippen molar-refractivity contribution in [2.45, 2.75) is 6.92 Å². The maximum absolute atomic E-state index is 6.12. The number of nitrogens with one attached hydrogen (secondary N) is 1. The van der Waals surface area contributed by atoms with Crippen LogP contribution in [-0.2, 0) is 0 Å². The number of aryl methyl sites for hydroxylation is 1. The molecule has 0 atom stereocenters. The number of rotatable bonds is 1. The van der Waals surface area contributed by atoms with Gasteiger partial charge in [-0.05, 0) is 13.0 Å². The Kier molecular flexibility index (Phi) is 2.15. The first-order chi connectivity index (χ1) is 7.74. The van der Waals surface area contributed by atoms with Crippen LogP contribution in [0.25, 0.3) is 21.6 Å². The molecule has 0 radical (unpaired) electrons. The minimum absolute atomic E-state index is 0.491. The predicted molar refractivity (Wildman–Crippen MR) is 64.7 cm³/mol. The first kappa shape index (κ1) is 9.74. The highest BCUT2D eigenvalue weighted by atomic mass is 35.5. The second-order valence-corrected chi connectivity index (χ2v) is 4.99. The third-order valence-corrected chi connectivity index (χ3v) is 3.46. The fourth-order valence-electron chi connectivity index (χ4n) is 1.51. The number of H-pyrrole nitrogens is 1. The van der Waals surface area contributed by atoms with Crippen LogP contribution in [0, 0.1) is 6.92 Å². The summed E-state index contributed by atoms with van der Waals surface area (Å²) in [6.45, 7) is 2.03. The van der Waals surface area contributed by atoms with Crippen LogP contribution >= 0.6 is 22.9 Å². The molecule has 3 heterocycles. The van der Waals surface area contributed by atoms with Crippen LogP contribution in [0.5, 0.6) is 0 Å². The summed E-state index contributed by atoms with van der Waals surface area (Å²) in [4.78, 5) is 10.8. The van der Waals surface area contributed by atoms with Crippen molar-refractivity contribution in [3.8, 4) is 11.4 Å². The SMILES string of the molecule is Cc1cc2c(Cl)nc(-c3cn[nH]c3)nc2s1. The standard InChI is InChI=1S/C10H7ClN4S/c1-5-2-7-8(11)14-9(15-10(7)16-5)6-3-12-13-4-6/h2-4H,1H3,(H,12,13). The smallest absolute Gasteiger partial charge is 0.165 e. The lowest BCUT2D eigenvalue weighted by atomic mass is 10.3. The van der Waals surface area contributed by atoms with E-state index in [0.717, 1.165) is 15.8 Å². The van der Waals surface area contributed by atoms with Crippen molar-refractivity contribution in [1.82, 2.24) is 20.2 Å². The van der Waals surface area contributed by atoms with E-state index in [9.17, 15) is 0 Å². The van der Waals surface area contributed by atoms with E-state index in [1.54, 1.807) is 23.7 Å². The Labute approximate surface area is 100 Å². The quantitative estimate of drug-likeness (QED) is 0.676. The van der Waals surface area contributed by atoms with Gasteiger partial charge in [0, 0.05) is 16.5 Å². The molecule has 0 fully saturated rings. The molecule has 3 aromatic rings. The number of nitrogens with zero attached hydrogens (tertiary/aromatic N) is 3. The lowest BCUT2D eigenvalue weighted by Crippen LogP contribution is -1.87. The van der Waals surface area contributed by atoms with Crippen LogP contribution in [0.4, 0.5) is 0 Å². The van der Waals surface area contributed by atoms with Crippen molar-refractivity contribution < 1.29 is 0 Å². The summed E-state index contributed by atoms with van der Waals surface area (Å²) in [6, 6.07) is 2.00. The lowest BCUT2D eigenvalue weighted by Gasteiger charge is -1.97. The van der Waals surface area contributed by atoms with E-state index in [4.69, 9.17) is 11.6 Å². The van der Waals surface area contributed by atoms with Crippen LogP contribution in [0.2, 0.25) is 5.15 Å². The van der Waals surface area contributed by atoms with Crippen molar-refractivity contribution in [3.05, 3.63) is 28.5 Å². The topological polar surface area (TPSA) is 54.5 Å². The number of thiophene rings is 1. The monoisotopic (exact) mass is 250 g/mol. The first-order valence-electron chi connectivity index (χ1n) is 4.67. The van der Waals surface area contributed by atoms with Crippen LogP contribution in [0.3, 0.4) is 0 Å². The maximum atomic E-state index is 6.12. The molecule has 16 heavy (non-hydrogen) atoms. The Bertz CT molecular complexity index is 644. The Morgan fingerprint density at radius 2 is 2.25 bits per heavy atom. The molecule has 0 saturated carbocycles. The fraction of sp³-hybridized carbons (Fsp3) is 0.100. The van der Waals surface area contributed by atoms with Gasteiger partial charge in [-0.25, -0.2) is 9.97 Å². The summed E-state index contributed by atoms with van der Waals surface area (Å²) in [5.41, 5.74) is 0.842. The molecule has 80 valence electrons. The summed E-state index contributed by atoms with van der Waals surface area (Å²) in [5, 5.41) is 8.00. The Morgan fingerprint density at radius 1 is 1.38 bits per heavy atom. The minimum Gasteiger partial charge on any atom is -0.285 e. The van der Waals surface area contributed by atoms with Gasteiger partial charge in [0.1, 0.15) is 9.98 Å². The summed E-state index contributed by atoms with van der Waals surface area (Å²) in [7, 11) is 0. The van der Waals surface area contributed by atoms with Gasteiger partial charge in [0.15, 0.2) is 5.82 Å². The van der Waals surface area contributed by atoms with Gasteiger partial charge in [-0.2, -0.15) is 5.10 Å². The zero-order chi connectivity index (χ0) is 11.1. The van der Waals surface area contributed by atoms with Gasteiger partial charge in [-0.1, -0.05) is 11.6 Å². The lowest BCUT2D eigenvalue weighted by molar-refractivity contribution is 1.09. The third kappa shape index (κ3) is 1.48. The van der Waals surface area contributed by atoms with E-state index in [1.165, 1.54) is 4.88 Å². The molecule has 3 aromatic heterocycles. The van der Waals surface area contributed by atoms with Crippen molar-refractivity contribution in [2.24, 2.45) is 0 Å². The largest absolute Gasteiger partial charge is 0.285 e. The average molecular weight is 251 g/mol. The zero-order valence-electron chi connectivity index (χ0n) is 8.36. The van der Waals surface area contributed by atoms with Crippen LogP contribution in [0.1, 0.15) is 4.88 Å². The summed E-state index contributed by atoms with van der Waals surface area (Å²) in [5.74, 6) is 0.605. The van der Waals surface area contributed by atoms with Crippen molar-refractivity contribution in [1.29, 1.82) is 0 Å². The molecule has 3 rings (SSSR count). The summed E-state index contributed by atoms with van der Waals surface area (Å²) >= 11 is 7.73. The highest BCUT2D eigenvalue weighted by Crippen LogP contribution is 2.30. The molecular formula is C10H7ClN4S. The third-order valence-electron chi connectivity index (χ3n) is 2.23. The van der Waals surface area contributed by atoms with Crippen LogP contribution in [-0.4, -0.2) is 20.2 Å².